The average Bonchev–Trinajstić information content (AvgIpc) is 3.37. The molecule has 0 saturated heterocycles. The minimum Gasteiger partial charge on any atom is -0.405 e. The summed E-state index contributed by atoms with van der Waals surface area (Å²) in [7, 11) is 0. The number of hydrogen-bond donors (Lipinski definition) is 1. The fourth-order valence-corrected chi connectivity index (χ4v) is 5.55. The maximum Gasteiger partial charge on any atom is 0.0963 e. The van der Waals surface area contributed by atoms with Crippen LogP contribution in [0.15, 0.2) is 146 Å². The molecule has 0 aliphatic carbocycles. The molecule has 0 spiro atoms. The quantitative estimate of drug-likeness (QED) is 0.220. The van der Waals surface area contributed by atoms with Crippen LogP contribution in [0.1, 0.15) is 5.69 Å². The molecule has 0 saturated carbocycles. The molecule has 41 heavy (non-hydrogen) atoms. The first-order valence-corrected chi connectivity index (χ1v) is 13.8. The van der Waals surface area contributed by atoms with E-state index in [1.54, 1.807) is 0 Å². The van der Waals surface area contributed by atoms with Crippen molar-refractivity contribution in [1.82, 2.24) is 14.5 Å². The summed E-state index contributed by atoms with van der Waals surface area (Å²) in [6.45, 7) is 0. The topological polar surface area (TPSA) is 56.7 Å². The lowest BCUT2D eigenvalue weighted by Crippen LogP contribution is -1.95. The van der Waals surface area contributed by atoms with E-state index >= 15 is 0 Å². The highest BCUT2D eigenvalue weighted by atomic mass is 15.0. The Labute approximate surface area is 238 Å². The van der Waals surface area contributed by atoms with Gasteiger partial charge in [0.25, 0.3) is 0 Å². The van der Waals surface area contributed by atoms with Gasteiger partial charge in [0.1, 0.15) is 0 Å². The summed E-state index contributed by atoms with van der Waals surface area (Å²) in [6.07, 6.45) is 9.98. The molecular weight excluding hydrogens is 500 g/mol. The molecule has 0 fully saturated rings. The van der Waals surface area contributed by atoms with Crippen LogP contribution in [0.25, 0.3) is 60.8 Å². The lowest BCUT2D eigenvalue weighted by molar-refractivity contribution is 1.11. The highest BCUT2D eigenvalue weighted by molar-refractivity contribution is 6.06. The van der Waals surface area contributed by atoms with Crippen LogP contribution >= 0.6 is 0 Å². The Balaban J connectivity index is 1.32. The van der Waals surface area contributed by atoms with Crippen LogP contribution in [-0.2, 0) is 6.42 Å². The summed E-state index contributed by atoms with van der Waals surface area (Å²) >= 11 is 0. The van der Waals surface area contributed by atoms with E-state index < -0.39 is 0 Å². The molecule has 0 atom stereocenters. The van der Waals surface area contributed by atoms with E-state index in [2.05, 4.69) is 125 Å². The first kappa shape index (κ1) is 24.6. The Morgan fingerprint density at radius 1 is 0.659 bits per heavy atom. The lowest BCUT2D eigenvalue weighted by atomic mass is 9.99. The molecule has 7 aromatic rings. The fraction of sp³-hybridized carbons (Fsp3) is 0.0270. The van der Waals surface area contributed by atoms with Crippen molar-refractivity contribution in [3.05, 3.63) is 152 Å². The molecule has 0 amide bonds. The van der Waals surface area contributed by atoms with Gasteiger partial charge in [0.2, 0.25) is 0 Å². The van der Waals surface area contributed by atoms with E-state index in [0.29, 0.717) is 6.42 Å². The van der Waals surface area contributed by atoms with Crippen molar-refractivity contribution in [2.24, 2.45) is 5.73 Å². The fourth-order valence-electron chi connectivity index (χ4n) is 5.55. The van der Waals surface area contributed by atoms with E-state index in [9.17, 15) is 0 Å². The zero-order chi connectivity index (χ0) is 27.6. The third-order valence-electron chi connectivity index (χ3n) is 7.50. The predicted molar refractivity (Wildman–Crippen MR) is 171 cm³/mol. The van der Waals surface area contributed by atoms with Crippen molar-refractivity contribution < 1.29 is 0 Å². The number of rotatable bonds is 6. The van der Waals surface area contributed by atoms with Gasteiger partial charge >= 0.3 is 0 Å². The molecule has 3 heterocycles. The second-order valence-corrected chi connectivity index (χ2v) is 10.1. The number of para-hydroxylation sites is 1. The van der Waals surface area contributed by atoms with E-state index in [4.69, 9.17) is 10.7 Å². The third-order valence-corrected chi connectivity index (χ3v) is 7.50. The highest BCUT2D eigenvalue weighted by Gasteiger charge is 2.13. The first-order valence-electron chi connectivity index (χ1n) is 13.8. The van der Waals surface area contributed by atoms with Gasteiger partial charge in [0.05, 0.1) is 22.2 Å². The van der Waals surface area contributed by atoms with Gasteiger partial charge in [-0.05, 0) is 82.7 Å². The Bertz CT molecular complexity index is 2030. The van der Waals surface area contributed by atoms with E-state index in [1.807, 2.05) is 24.4 Å². The average molecular weight is 529 g/mol. The maximum atomic E-state index is 5.51. The highest BCUT2D eigenvalue weighted by Crippen LogP contribution is 2.33. The molecule has 4 heteroatoms. The third kappa shape index (κ3) is 4.66. The SMILES string of the molecule is N/C=C\C=C/Cc1cc(-c2ccc(-n3c4ccccc4c4ncccc43)cc2)cc(-c2ccc3ccccc3c2)n1. The predicted octanol–water partition coefficient (Wildman–Crippen LogP) is 8.63. The Kier molecular flexibility index (Phi) is 6.34. The minimum absolute atomic E-state index is 0.713. The van der Waals surface area contributed by atoms with Crippen molar-refractivity contribution >= 4 is 32.7 Å². The number of aromatic nitrogens is 3. The largest absolute Gasteiger partial charge is 0.405 e. The number of fused-ring (bicyclic) bond motifs is 4. The van der Waals surface area contributed by atoms with Crippen LogP contribution < -0.4 is 5.73 Å². The normalized spacial score (nSPS) is 11.9. The molecule has 0 aliphatic rings. The lowest BCUT2D eigenvalue weighted by Gasteiger charge is -2.12. The number of benzene rings is 4. The number of nitrogens with zero attached hydrogens (tertiary/aromatic N) is 3. The van der Waals surface area contributed by atoms with Crippen LogP contribution in [0, 0.1) is 0 Å². The van der Waals surface area contributed by atoms with Crippen molar-refractivity contribution in [2.45, 2.75) is 6.42 Å². The smallest absolute Gasteiger partial charge is 0.0963 e. The van der Waals surface area contributed by atoms with Crippen molar-refractivity contribution in [3.63, 3.8) is 0 Å². The summed E-state index contributed by atoms with van der Waals surface area (Å²) in [5.74, 6) is 0. The van der Waals surface area contributed by atoms with Gasteiger partial charge in [-0.25, -0.2) is 0 Å². The van der Waals surface area contributed by atoms with Gasteiger partial charge in [-0.15, -0.1) is 0 Å². The van der Waals surface area contributed by atoms with Crippen molar-refractivity contribution in [1.29, 1.82) is 0 Å². The van der Waals surface area contributed by atoms with Crippen molar-refractivity contribution in [2.75, 3.05) is 0 Å². The first-order chi connectivity index (χ1) is 20.3. The molecule has 0 bridgehead atoms. The van der Waals surface area contributed by atoms with Crippen molar-refractivity contribution in [3.8, 4) is 28.1 Å². The monoisotopic (exact) mass is 528 g/mol. The Morgan fingerprint density at radius 2 is 1.44 bits per heavy atom. The molecule has 4 nitrogen and oxygen atoms in total. The maximum absolute atomic E-state index is 5.51. The Hall–Kier alpha value is -5.48. The number of hydrogen-bond acceptors (Lipinski definition) is 3. The summed E-state index contributed by atoms with van der Waals surface area (Å²) in [5, 5.41) is 3.58. The van der Waals surface area contributed by atoms with Crippen LogP contribution in [0.2, 0.25) is 0 Å². The standard InChI is InChI=1S/C37H28N4/c38-21-7-1-2-11-31-24-30(25-34(40-31)29-16-15-26-9-3-4-10-28(26)23-29)27-17-19-32(20-18-27)41-35-13-6-5-12-33(35)37-36(41)14-8-22-39-37/h1-10,12-25H,11,38H2/b2-1-,21-7-. The van der Waals surface area contributed by atoms with Gasteiger partial charge in [-0.3, -0.25) is 9.97 Å². The molecule has 3 aromatic heterocycles. The van der Waals surface area contributed by atoms with Gasteiger partial charge < -0.3 is 10.3 Å². The summed E-state index contributed by atoms with van der Waals surface area (Å²) in [5.41, 5.74) is 15.2. The molecule has 7 rings (SSSR count). The molecule has 0 radical (unpaired) electrons. The molecule has 0 unspecified atom stereocenters. The molecule has 4 aromatic carbocycles. The number of nitrogens with two attached hydrogens (primary N) is 1. The van der Waals surface area contributed by atoms with Crippen LogP contribution in [0.5, 0.6) is 0 Å². The van der Waals surface area contributed by atoms with Crippen LogP contribution in [0.4, 0.5) is 0 Å². The zero-order valence-corrected chi connectivity index (χ0v) is 22.5. The van der Waals surface area contributed by atoms with Gasteiger partial charge in [-0.1, -0.05) is 78.9 Å². The molecular formula is C37H28N4. The second-order valence-electron chi connectivity index (χ2n) is 10.1. The van der Waals surface area contributed by atoms with Gasteiger partial charge in [0.15, 0.2) is 0 Å². The van der Waals surface area contributed by atoms with Gasteiger partial charge in [0, 0.05) is 34.9 Å². The number of pyridine rings is 2. The van der Waals surface area contributed by atoms with E-state index in [-0.39, 0.29) is 0 Å². The summed E-state index contributed by atoms with van der Waals surface area (Å²) in [4.78, 5) is 9.72. The molecule has 2 N–H and O–H groups in total. The summed E-state index contributed by atoms with van der Waals surface area (Å²) in [6, 6.07) is 40.7. The zero-order valence-electron chi connectivity index (χ0n) is 22.5. The van der Waals surface area contributed by atoms with E-state index in [1.165, 1.54) is 17.0 Å². The molecule has 196 valence electrons. The van der Waals surface area contributed by atoms with Crippen LogP contribution in [-0.4, -0.2) is 14.5 Å². The number of allylic oxidation sites excluding steroid dienone is 3. The Morgan fingerprint density at radius 3 is 2.32 bits per heavy atom. The molecule has 0 aliphatic heterocycles. The summed E-state index contributed by atoms with van der Waals surface area (Å²) < 4.78 is 2.29. The second kappa shape index (κ2) is 10.6. The van der Waals surface area contributed by atoms with Crippen LogP contribution in [0.3, 0.4) is 0 Å². The minimum atomic E-state index is 0.713. The van der Waals surface area contributed by atoms with E-state index in [0.717, 1.165) is 55.7 Å². The van der Waals surface area contributed by atoms with Gasteiger partial charge in [-0.2, -0.15) is 0 Å².